The highest BCUT2D eigenvalue weighted by Gasteiger charge is 2.20. The number of fused-ring (bicyclic) bond motifs is 1. The van der Waals surface area contributed by atoms with E-state index in [1.807, 2.05) is 30.3 Å². The molecule has 4 nitrogen and oxygen atoms in total. The molecule has 2 aromatic carbocycles. The third-order valence-electron chi connectivity index (χ3n) is 2.92. The van der Waals surface area contributed by atoms with Gasteiger partial charge in [0.05, 0.1) is 0 Å². The smallest absolute Gasteiger partial charge is 0.354 e. The van der Waals surface area contributed by atoms with Gasteiger partial charge in [0.25, 0.3) is 5.91 Å². The third-order valence-corrected chi connectivity index (χ3v) is 2.92. The van der Waals surface area contributed by atoms with E-state index < -0.39 is 11.6 Å². The standard InChI is InChI=1S/C18H19NO3/c1-12(17(21)22-18(2,3)4)19-16(20)15-10-9-13-7-5-6-8-14(13)11-15/h5-11H,1H2,2-4H3,(H,19,20). The van der Waals surface area contributed by atoms with Crippen molar-refractivity contribution in [3.05, 3.63) is 60.3 Å². The first kappa shape index (κ1) is 15.8. The number of carbonyl (C=O) groups excluding carboxylic acids is 2. The van der Waals surface area contributed by atoms with Crippen LogP contribution in [-0.2, 0) is 9.53 Å². The van der Waals surface area contributed by atoms with Crippen molar-refractivity contribution >= 4 is 22.6 Å². The minimum atomic E-state index is -0.637. The van der Waals surface area contributed by atoms with Crippen molar-refractivity contribution in [2.75, 3.05) is 0 Å². The van der Waals surface area contributed by atoms with Crippen LogP contribution < -0.4 is 5.32 Å². The van der Waals surface area contributed by atoms with E-state index in [4.69, 9.17) is 4.74 Å². The van der Waals surface area contributed by atoms with Crippen LogP contribution in [0.4, 0.5) is 0 Å². The number of carbonyl (C=O) groups is 2. The van der Waals surface area contributed by atoms with Gasteiger partial charge in [-0.15, -0.1) is 0 Å². The summed E-state index contributed by atoms with van der Waals surface area (Å²) in [5.74, 6) is -1.02. The monoisotopic (exact) mass is 297 g/mol. The molecule has 0 aliphatic heterocycles. The van der Waals surface area contributed by atoms with Gasteiger partial charge in [0.15, 0.2) is 0 Å². The van der Waals surface area contributed by atoms with Crippen LogP contribution in [0.2, 0.25) is 0 Å². The summed E-state index contributed by atoms with van der Waals surface area (Å²) in [5, 5.41) is 4.48. The maximum absolute atomic E-state index is 12.2. The van der Waals surface area contributed by atoms with E-state index in [2.05, 4.69) is 11.9 Å². The number of hydrogen-bond acceptors (Lipinski definition) is 3. The molecule has 0 unspecified atom stereocenters. The predicted molar refractivity (Wildman–Crippen MR) is 86.4 cm³/mol. The second-order valence-electron chi connectivity index (χ2n) is 6.00. The summed E-state index contributed by atoms with van der Waals surface area (Å²) in [5.41, 5.74) is -0.246. The summed E-state index contributed by atoms with van der Waals surface area (Å²) in [6.07, 6.45) is 0. The Balaban J connectivity index is 2.10. The van der Waals surface area contributed by atoms with E-state index in [1.54, 1.807) is 32.9 Å². The SMILES string of the molecule is C=C(NC(=O)c1ccc2ccccc2c1)C(=O)OC(C)(C)C. The molecule has 0 fully saturated rings. The average molecular weight is 297 g/mol. The zero-order valence-corrected chi connectivity index (χ0v) is 13.0. The van der Waals surface area contributed by atoms with Gasteiger partial charge in [0.1, 0.15) is 11.3 Å². The van der Waals surface area contributed by atoms with Crippen LogP contribution >= 0.6 is 0 Å². The lowest BCUT2D eigenvalue weighted by atomic mass is 10.1. The molecule has 1 N–H and O–H groups in total. The first-order valence-corrected chi connectivity index (χ1v) is 6.99. The van der Waals surface area contributed by atoms with E-state index in [-0.39, 0.29) is 11.6 Å². The van der Waals surface area contributed by atoms with Crippen LogP contribution in [0.15, 0.2) is 54.7 Å². The van der Waals surface area contributed by atoms with E-state index >= 15 is 0 Å². The molecule has 2 aromatic rings. The molecule has 0 aliphatic carbocycles. The van der Waals surface area contributed by atoms with Gasteiger partial charge >= 0.3 is 5.97 Å². The zero-order chi connectivity index (χ0) is 16.3. The lowest BCUT2D eigenvalue weighted by Crippen LogP contribution is -2.32. The van der Waals surface area contributed by atoms with E-state index in [9.17, 15) is 9.59 Å². The molecular weight excluding hydrogens is 278 g/mol. The molecule has 114 valence electrons. The molecule has 0 bridgehead atoms. The highest BCUT2D eigenvalue weighted by Crippen LogP contribution is 2.16. The van der Waals surface area contributed by atoms with Crippen molar-refractivity contribution in [1.82, 2.24) is 5.32 Å². The molecule has 1 amide bonds. The van der Waals surface area contributed by atoms with Gasteiger partial charge < -0.3 is 10.1 Å². The summed E-state index contributed by atoms with van der Waals surface area (Å²) >= 11 is 0. The van der Waals surface area contributed by atoms with Crippen molar-refractivity contribution in [3.8, 4) is 0 Å². The minimum Gasteiger partial charge on any atom is -0.455 e. The fourth-order valence-corrected chi connectivity index (χ4v) is 1.93. The number of benzene rings is 2. The summed E-state index contributed by atoms with van der Waals surface area (Å²) in [6, 6.07) is 13.1. The molecular formula is C18H19NO3. The highest BCUT2D eigenvalue weighted by molar-refractivity contribution is 6.03. The molecule has 22 heavy (non-hydrogen) atoms. The second kappa shape index (κ2) is 6.02. The first-order chi connectivity index (χ1) is 10.3. The molecule has 0 atom stereocenters. The zero-order valence-electron chi connectivity index (χ0n) is 13.0. The number of esters is 1. The Morgan fingerprint density at radius 1 is 1.05 bits per heavy atom. The number of nitrogens with one attached hydrogen (secondary N) is 1. The molecule has 4 heteroatoms. The van der Waals surface area contributed by atoms with Gasteiger partial charge in [0.2, 0.25) is 0 Å². The largest absolute Gasteiger partial charge is 0.455 e. The second-order valence-corrected chi connectivity index (χ2v) is 6.00. The quantitative estimate of drug-likeness (QED) is 0.697. The summed E-state index contributed by atoms with van der Waals surface area (Å²) in [7, 11) is 0. The molecule has 0 saturated heterocycles. The van der Waals surface area contributed by atoms with Crippen LogP contribution in [0.25, 0.3) is 10.8 Å². The molecule has 2 rings (SSSR count). The number of hydrogen-bond donors (Lipinski definition) is 1. The molecule has 0 aliphatic rings. The predicted octanol–water partition coefficient (Wildman–Crippen LogP) is 3.43. The van der Waals surface area contributed by atoms with Crippen molar-refractivity contribution in [3.63, 3.8) is 0 Å². The Labute approximate surface area is 129 Å². The molecule has 0 saturated carbocycles. The Morgan fingerprint density at radius 3 is 2.32 bits per heavy atom. The van der Waals surface area contributed by atoms with Gasteiger partial charge in [-0.2, -0.15) is 0 Å². The number of rotatable bonds is 3. The van der Waals surface area contributed by atoms with Crippen molar-refractivity contribution < 1.29 is 14.3 Å². The number of ether oxygens (including phenoxy) is 1. The van der Waals surface area contributed by atoms with Crippen molar-refractivity contribution in [2.45, 2.75) is 26.4 Å². The summed E-state index contributed by atoms with van der Waals surface area (Å²) in [4.78, 5) is 24.0. The van der Waals surface area contributed by atoms with Crippen LogP contribution in [-0.4, -0.2) is 17.5 Å². The summed E-state index contributed by atoms with van der Waals surface area (Å²) in [6.45, 7) is 8.82. The van der Waals surface area contributed by atoms with Gasteiger partial charge in [-0.1, -0.05) is 36.9 Å². The lowest BCUT2D eigenvalue weighted by Gasteiger charge is -2.20. The van der Waals surface area contributed by atoms with Crippen molar-refractivity contribution in [1.29, 1.82) is 0 Å². The van der Waals surface area contributed by atoms with Gasteiger partial charge in [-0.3, -0.25) is 4.79 Å². The molecule has 0 radical (unpaired) electrons. The fourth-order valence-electron chi connectivity index (χ4n) is 1.93. The molecule has 0 aromatic heterocycles. The minimum absolute atomic E-state index is 0.0758. The van der Waals surface area contributed by atoms with Crippen LogP contribution in [0, 0.1) is 0 Å². The Hall–Kier alpha value is -2.62. The Kier molecular flexibility index (Phi) is 4.31. The van der Waals surface area contributed by atoms with Crippen molar-refractivity contribution in [2.24, 2.45) is 0 Å². The lowest BCUT2D eigenvalue weighted by molar-refractivity contribution is -0.150. The van der Waals surface area contributed by atoms with Gasteiger partial charge in [-0.25, -0.2) is 4.79 Å². The van der Waals surface area contributed by atoms with E-state index in [0.29, 0.717) is 5.56 Å². The molecule has 0 spiro atoms. The van der Waals surface area contributed by atoms with Crippen LogP contribution in [0.5, 0.6) is 0 Å². The van der Waals surface area contributed by atoms with Crippen LogP contribution in [0.3, 0.4) is 0 Å². The van der Waals surface area contributed by atoms with E-state index in [0.717, 1.165) is 10.8 Å². The maximum Gasteiger partial charge on any atom is 0.354 e. The third kappa shape index (κ3) is 3.95. The Morgan fingerprint density at radius 2 is 1.68 bits per heavy atom. The average Bonchev–Trinajstić information content (AvgIpc) is 2.44. The number of amides is 1. The molecule has 0 heterocycles. The maximum atomic E-state index is 12.2. The highest BCUT2D eigenvalue weighted by atomic mass is 16.6. The van der Waals surface area contributed by atoms with Gasteiger partial charge in [0, 0.05) is 5.56 Å². The Bertz CT molecular complexity index is 741. The van der Waals surface area contributed by atoms with E-state index in [1.165, 1.54) is 0 Å². The first-order valence-electron chi connectivity index (χ1n) is 6.99. The topological polar surface area (TPSA) is 55.4 Å². The van der Waals surface area contributed by atoms with Crippen LogP contribution in [0.1, 0.15) is 31.1 Å². The summed E-state index contributed by atoms with van der Waals surface area (Å²) < 4.78 is 5.15. The normalized spacial score (nSPS) is 11.0. The van der Waals surface area contributed by atoms with Gasteiger partial charge in [-0.05, 0) is 43.7 Å². The fraction of sp³-hybridized carbons (Fsp3) is 0.222.